The average Bonchev–Trinajstić information content (AvgIpc) is 3.25. The fourth-order valence-corrected chi connectivity index (χ4v) is 3.39. The summed E-state index contributed by atoms with van der Waals surface area (Å²) in [6, 6.07) is 8.11. The van der Waals surface area contributed by atoms with E-state index in [4.69, 9.17) is 17.3 Å². The van der Waals surface area contributed by atoms with Crippen LogP contribution in [0.1, 0.15) is 12.5 Å². The monoisotopic (exact) mass is 554 g/mol. The number of halogens is 5. The molecule has 0 fully saturated rings. The van der Waals surface area contributed by atoms with Gasteiger partial charge in [-0.15, -0.1) is 12.4 Å². The minimum atomic E-state index is -4.65. The number of nitrogens with one attached hydrogen (secondary N) is 3. The number of imidazole rings is 1. The molecule has 15 heteroatoms. The fraction of sp³-hybridized carbons (Fsp3) is 0.136. The number of nitrogens with zero attached hydrogens (tertiary/aromatic N) is 4. The maximum Gasteiger partial charge on any atom is 0.417 e. The Balaban J connectivity index is 0.00000380. The molecule has 1 unspecified atom stereocenters. The van der Waals surface area contributed by atoms with Crippen LogP contribution in [0.2, 0.25) is 5.02 Å². The SMILES string of the molecule is CC(N)C(=O)Nc1ncnc2c1ncn2-c1ccc(NC(=O)Nc2ccc(Cl)c(C(F)(F)F)c2)cc1.Cl. The fourth-order valence-electron chi connectivity index (χ4n) is 3.16. The summed E-state index contributed by atoms with van der Waals surface area (Å²) in [6.07, 6.45) is -1.88. The lowest BCUT2D eigenvalue weighted by Gasteiger charge is -2.12. The Morgan fingerprint density at radius 1 is 1.00 bits per heavy atom. The molecule has 0 aliphatic heterocycles. The minimum absolute atomic E-state index is 0. The molecular weight excluding hydrogens is 536 g/mol. The number of amides is 3. The summed E-state index contributed by atoms with van der Waals surface area (Å²) in [5.74, 6) is -0.210. The van der Waals surface area contributed by atoms with Crippen molar-refractivity contribution >= 4 is 64.3 Å². The number of rotatable bonds is 5. The van der Waals surface area contributed by atoms with Crippen molar-refractivity contribution in [2.24, 2.45) is 5.73 Å². The molecule has 0 bridgehead atoms. The average molecular weight is 555 g/mol. The van der Waals surface area contributed by atoms with Gasteiger partial charge in [-0.25, -0.2) is 19.7 Å². The molecule has 0 saturated heterocycles. The first-order valence-corrected chi connectivity index (χ1v) is 10.7. The predicted octanol–water partition coefficient (Wildman–Crippen LogP) is 4.84. The Morgan fingerprint density at radius 3 is 2.30 bits per heavy atom. The number of fused-ring (bicyclic) bond motifs is 1. The minimum Gasteiger partial charge on any atom is -0.320 e. The first kappa shape index (κ1) is 27.6. The molecule has 0 spiro atoms. The molecule has 1 atom stereocenters. The zero-order chi connectivity index (χ0) is 26.0. The molecule has 37 heavy (non-hydrogen) atoms. The van der Waals surface area contributed by atoms with E-state index in [1.807, 2.05) is 0 Å². The third-order valence-electron chi connectivity index (χ3n) is 4.92. The molecule has 10 nitrogen and oxygen atoms in total. The lowest BCUT2D eigenvalue weighted by Crippen LogP contribution is -2.32. The first-order chi connectivity index (χ1) is 17.0. The predicted molar refractivity (Wildman–Crippen MR) is 135 cm³/mol. The van der Waals surface area contributed by atoms with E-state index in [9.17, 15) is 22.8 Å². The second-order valence-corrected chi connectivity index (χ2v) is 8.01. The third kappa shape index (κ3) is 6.25. The molecule has 0 saturated carbocycles. The van der Waals surface area contributed by atoms with Gasteiger partial charge >= 0.3 is 12.2 Å². The highest BCUT2D eigenvalue weighted by Crippen LogP contribution is 2.36. The standard InChI is InChI=1S/C22H18ClF3N8O2.ClH/c1-11(27)20(35)33-18-17-19(29-9-28-18)34(10-30-17)14-5-2-12(3-6-14)31-21(36)32-13-4-7-16(23)15(8-13)22(24,25)26;/h2-11H,27H2,1H3,(H2,31,32,36)(H,28,29,33,35);1H. The quantitative estimate of drug-likeness (QED) is 0.278. The van der Waals surface area contributed by atoms with Gasteiger partial charge in [0.2, 0.25) is 5.91 Å². The lowest BCUT2D eigenvalue weighted by atomic mass is 10.2. The summed E-state index contributed by atoms with van der Waals surface area (Å²) >= 11 is 5.60. The van der Waals surface area contributed by atoms with Gasteiger partial charge in [-0.1, -0.05) is 11.6 Å². The van der Waals surface area contributed by atoms with Gasteiger partial charge in [0.1, 0.15) is 12.7 Å². The largest absolute Gasteiger partial charge is 0.417 e. The van der Waals surface area contributed by atoms with Gasteiger partial charge in [0.05, 0.1) is 16.6 Å². The highest BCUT2D eigenvalue weighted by Gasteiger charge is 2.33. The van der Waals surface area contributed by atoms with Crippen LogP contribution >= 0.6 is 24.0 Å². The van der Waals surface area contributed by atoms with E-state index in [2.05, 4.69) is 30.9 Å². The van der Waals surface area contributed by atoms with Crippen molar-refractivity contribution in [2.45, 2.75) is 19.1 Å². The van der Waals surface area contributed by atoms with Crippen LogP contribution < -0.4 is 21.7 Å². The zero-order valence-electron chi connectivity index (χ0n) is 18.9. The van der Waals surface area contributed by atoms with Gasteiger partial charge < -0.3 is 21.7 Å². The van der Waals surface area contributed by atoms with Crippen LogP contribution in [0.5, 0.6) is 0 Å². The van der Waals surface area contributed by atoms with Gasteiger partial charge in [-0.3, -0.25) is 9.36 Å². The molecule has 4 rings (SSSR count). The Bertz CT molecular complexity index is 1440. The van der Waals surface area contributed by atoms with Crippen LogP contribution in [0.4, 0.5) is 35.2 Å². The van der Waals surface area contributed by atoms with Crippen molar-refractivity contribution in [2.75, 3.05) is 16.0 Å². The van der Waals surface area contributed by atoms with E-state index < -0.39 is 34.7 Å². The van der Waals surface area contributed by atoms with Gasteiger partial charge in [-0.2, -0.15) is 13.2 Å². The zero-order valence-corrected chi connectivity index (χ0v) is 20.4. The van der Waals surface area contributed by atoms with Crippen LogP contribution in [0.15, 0.2) is 55.1 Å². The van der Waals surface area contributed by atoms with Gasteiger partial charge in [-0.05, 0) is 49.4 Å². The molecule has 194 valence electrons. The number of hydrogen-bond acceptors (Lipinski definition) is 6. The molecular formula is C22H19Cl2F3N8O2. The molecule has 2 aromatic carbocycles. The summed E-state index contributed by atoms with van der Waals surface area (Å²) in [6.45, 7) is 1.54. The Labute approximate surface area is 218 Å². The number of alkyl halides is 3. The van der Waals surface area contributed by atoms with Gasteiger partial charge in [0.25, 0.3) is 0 Å². The van der Waals surface area contributed by atoms with Crippen molar-refractivity contribution in [1.29, 1.82) is 0 Å². The molecule has 2 heterocycles. The summed E-state index contributed by atoms with van der Waals surface area (Å²) in [5.41, 5.74) is 6.25. The summed E-state index contributed by atoms with van der Waals surface area (Å²) in [7, 11) is 0. The normalized spacial score (nSPS) is 11.9. The molecule has 2 aromatic heterocycles. The van der Waals surface area contributed by atoms with Crippen LogP contribution in [0, 0.1) is 0 Å². The van der Waals surface area contributed by atoms with E-state index in [-0.39, 0.29) is 23.9 Å². The highest BCUT2D eigenvalue weighted by molar-refractivity contribution is 6.31. The van der Waals surface area contributed by atoms with E-state index >= 15 is 0 Å². The topological polar surface area (TPSA) is 140 Å². The number of benzene rings is 2. The lowest BCUT2D eigenvalue weighted by molar-refractivity contribution is -0.137. The number of hydrogen-bond donors (Lipinski definition) is 4. The molecule has 0 aliphatic rings. The maximum absolute atomic E-state index is 13.0. The number of carbonyl (C=O) groups excluding carboxylic acids is 2. The van der Waals surface area contributed by atoms with Crippen molar-refractivity contribution in [3.63, 3.8) is 0 Å². The molecule has 4 aromatic rings. The van der Waals surface area contributed by atoms with Crippen molar-refractivity contribution in [3.05, 3.63) is 65.7 Å². The van der Waals surface area contributed by atoms with E-state index in [0.717, 1.165) is 12.1 Å². The smallest absolute Gasteiger partial charge is 0.320 e. The second kappa shape index (κ2) is 11.0. The van der Waals surface area contributed by atoms with Crippen molar-refractivity contribution in [3.8, 4) is 5.69 Å². The van der Waals surface area contributed by atoms with Crippen molar-refractivity contribution in [1.82, 2.24) is 19.5 Å². The van der Waals surface area contributed by atoms with E-state index in [1.165, 1.54) is 25.6 Å². The Hall–Kier alpha value is -3.94. The van der Waals surface area contributed by atoms with E-state index in [0.29, 0.717) is 22.5 Å². The van der Waals surface area contributed by atoms with Crippen molar-refractivity contribution < 1.29 is 22.8 Å². The molecule has 5 N–H and O–H groups in total. The van der Waals surface area contributed by atoms with Crippen LogP contribution in [-0.4, -0.2) is 37.5 Å². The molecule has 0 radical (unpaired) electrons. The number of anilines is 3. The first-order valence-electron chi connectivity index (χ1n) is 10.3. The second-order valence-electron chi connectivity index (χ2n) is 7.61. The van der Waals surface area contributed by atoms with Gasteiger partial charge in [0, 0.05) is 17.1 Å². The van der Waals surface area contributed by atoms with Crippen LogP contribution in [0.25, 0.3) is 16.9 Å². The summed E-state index contributed by atoms with van der Waals surface area (Å²) in [5, 5.41) is 7.01. The van der Waals surface area contributed by atoms with Crippen LogP contribution in [0.3, 0.4) is 0 Å². The summed E-state index contributed by atoms with van der Waals surface area (Å²) in [4.78, 5) is 36.7. The van der Waals surface area contributed by atoms with Crippen LogP contribution in [-0.2, 0) is 11.0 Å². The molecule has 0 aliphatic carbocycles. The number of urea groups is 1. The molecule has 3 amide bonds. The maximum atomic E-state index is 13.0. The number of nitrogens with two attached hydrogens (primary N) is 1. The Morgan fingerprint density at radius 2 is 1.65 bits per heavy atom. The number of carbonyl (C=O) groups is 2. The van der Waals surface area contributed by atoms with Gasteiger partial charge in [0.15, 0.2) is 17.0 Å². The Kier molecular flexibility index (Phi) is 8.21. The highest BCUT2D eigenvalue weighted by atomic mass is 35.5. The van der Waals surface area contributed by atoms with E-state index in [1.54, 1.807) is 28.8 Å². The third-order valence-corrected chi connectivity index (χ3v) is 5.25. The summed E-state index contributed by atoms with van der Waals surface area (Å²) < 4.78 is 40.7. The number of aromatic nitrogens is 4.